The Kier molecular flexibility index (Phi) is 3.81. The van der Waals surface area contributed by atoms with Gasteiger partial charge in [-0.2, -0.15) is 0 Å². The lowest BCUT2D eigenvalue weighted by molar-refractivity contribution is 0.0938. The van der Waals surface area contributed by atoms with Crippen molar-refractivity contribution in [3.8, 4) is 0 Å². The van der Waals surface area contributed by atoms with Crippen LogP contribution < -0.4 is 10.6 Å². The first-order chi connectivity index (χ1) is 12.2. The largest absolute Gasteiger partial charge is 0.367 e. The number of carbonyl (C=O) groups is 1. The number of aromatic amines is 2. The molecule has 3 heterocycles. The summed E-state index contributed by atoms with van der Waals surface area (Å²) >= 11 is 0. The van der Waals surface area contributed by atoms with Crippen LogP contribution in [0, 0.1) is 0 Å². The number of H-pyrrole nitrogens is 2. The second-order valence-electron chi connectivity index (χ2n) is 5.99. The van der Waals surface area contributed by atoms with Crippen LogP contribution in [0.25, 0.3) is 21.9 Å². The van der Waals surface area contributed by atoms with E-state index in [0.29, 0.717) is 12.2 Å². The third-order valence-electron chi connectivity index (χ3n) is 4.08. The number of rotatable bonds is 5. The van der Waals surface area contributed by atoms with E-state index in [1.165, 1.54) is 6.33 Å². The van der Waals surface area contributed by atoms with E-state index in [-0.39, 0.29) is 11.9 Å². The van der Waals surface area contributed by atoms with Gasteiger partial charge in [0.15, 0.2) is 0 Å². The van der Waals surface area contributed by atoms with Gasteiger partial charge >= 0.3 is 0 Å². The second-order valence-corrected chi connectivity index (χ2v) is 5.99. The minimum absolute atomic E-state index is 0.0668. The molecular formula is C18H18N6O. The van der Waals surface area contributed by atoms with Crippen LogP contribution in [0.2, 0.25) is 0 Å². The van der Waals surface area contributed by atoms with Gasteiger partial charge in [-0.3, -0.25) is 4.79 Å². The zero-order valence-electron chi connectivity index (χ0n) is 13.7. The van der Waals surface area contributed by atoms with Gasteiger partial charge in [0.1, 0.15) is 23.5 Å². The molecule has 4 N–H and O–H groups in total. The molecule has 0 bridgehead atoms. The fraction of sp³-hybridized carbons (Fsp3) is 0.167. The molecule has 0 aliphatic heterocycles. The van der Waals surface area contributed by atoms with E-state index in [9.17, 15) is 4.79 Å². The van der Waals surface area contributed by atoms with Crippen LogP contribution in [0.5, 0.6) is 0 Å². The first-order valence-electron chi connectivity index (χ1n) is 8.11. The summed E-state index contributed by atoms with van der Waals surface area (Å²) in [5.74, 6) is 0.623. The van der Waals surface area contributed by atoms with Crippen molar-refractivity contribution in [1.29, 1.82) is 0 Å². The molecule has 1 aromatic carbocycles. The zero-order valence-corrected chi connectivity index (χ0v) is 13.7. The van der Waals surface area contributed by atoms with Gasteiger partial charge in [0, 0.05) is 29.7 Å². The third kappa shape index (κ3) is 3.03. The SMILES string of the molecule is C[C@@H](CNc1ncnc2[nH]ccc12)NC(=O)c1cc2ccccc2[nH]1. The van der Waals surface area contributed by atoms with Crippen molar-refractivity contribution in [2.24, 2.45) is 0 Å². The van der Waals surface area contributed by atoms with Crippen molar-refractivity contribution < 1.29 is 4.79 Å². The molecule has 0 saturated carbocycles. The quantitative estimate of drug-likeness (QED) is 0.451. The van der Waals surface area contributed by atoms with E-state index in [2.05, 4.69) is 30.6 Å². The summed E-state index contributed by atoms with van der Waals surface area (Å²) in [5, 5.41) is 8.20. The van der Waals surface area contributed by atoms with E-state index < -0.39 is 0 Å². The molecule has 0 aliphatic rings. The van der Waals surface area contributed by atoms with Crippen LogP contribution >= 0.6 is 0 Å². The average molecular weight is 334 g/mol. The number of nitrogens with zero attached hydrogens (tertiary/aromatic N) is 2. The monoisotopic (exact) mass is 334 g/mol. The maximum absolute atomic E-state index is 12.4. The van der Waals surface area contributed by atoms with E-state index in [0.717, 1.165) is 27.8 Å². The van der Waals surface area contributed by atoms with E-state index >= 15 is 0 Å². The Morgan fingerprint density at radius 3 is 3.00 bits per heavy atom. The standard InChI is InChI=1S/C18H18N6O/c1-11(9-20-17-13-6-7-19-16(13)21-10-22-17)23-18(25)15-8-12-4-2-3-5-14(12)24-15/h2-8,10-11,24H,9H2,1H3,(H,23,25)(H2,19,20,21,22)/t11-/m0/s1. The predicted molar refractivity (Wildman–Crippen MR) is 97.6 cm³/mol. The Balaban J connectivity index is 1.40. The number of nitrogens with one attached hydrogen (secondary N) is 4. The number of amides is 1. The van der Waals surface area contributed by atoms with Crippen LogP contribution in [0.15, 0.2) is 48.9 Å². The van der Waals surface area contributed by atoms with Crippen LogP contribution in [-0.2, 0) is 0 Å². The molecule has 1 atom stereocenters. The highest BCUT2D eigenvalue weighted by molar-refractivity contribution is 5.98. The summed E-state index contributed by atoms with van der Waals surface area (Å²) in [6, 6.07) is 11.5. The number of fused-ring (bicyclic) bond motifs is 2. The molecule has 25 heavy (non-hydrogen) atoms. The van der Waals surface area contributed by atoms with E-state index in [1.807, 2.05) is 49.5 Å². The van der Waals surface area contributed by atoms with Gasteiger partial charge in [-0.25, -0.2) is 9.97 Å². The van der Waals surface area contributed by atoms with Crippen LogP contribution in [0.1, 0.15) is 17.4 Å². The first kappa shape index (κ1) is 15.2. The summed E-state index contributed by atoms with van der Waals surface area (Å²) in [6.07, 6.45) is 3.33. The molecule has 3 aromatic heterocycles. The normalized spacial score (nSPS) is 12.4. The van der Waals surface area contributed by atoms with Gasteiger partial charge in [-0.1, -0.05) is 18.2 Å². The second kappa shape index (κ2) is 6.27. The van der Waals surface area contributed by atoms with Gasteiger partial charge in [-0.15, -0.1) is 0 Å². The fourth-order valence-corrected chi connectivity index (χ4v) is 2.81. The first-order valence-corrected chi connectivity index (χ1v) is 8.11. The highest BCUT2D eigenvalue weighted by Gasteiger charge is 2.13. The lowest BCUT2D eigenvalue weighted by Crippen LogP contribution is -2.37. The molecule has 4 rings (SSSR count). The van der Waals surface area contributed by atoms with Gasteiger partial charge in [0.2, 0.25) is 0 Å². The average Bonchev–Trinajstić information content (AvgIpc) is 3.26. The maximum atomic E-state index is 12.4. The number of aromatic nitrogens is 4. The predicted octanol–water partition coefficient (Wildman–Crippen LogP) is 2.67. The smallest absolute Gasteiger partial charge is 0.267 e. The third-order valence-corrected chi connectivity index (χ3v) is 4.08. The molecule has 126 valence electrons. The Hall–Kier alpha value is -3.35. The van der Waals surface area contributed by atoms with Crippen LogP contribution in [0.4, 0.5) is 5.82 Å². The molecule has 1 amide bonds. The summed E-state index contributed by atoms with van der Waals surface area (Å²) in [6.45, 7) is 2.51. The summed E-state index contributed by atoms with van der Waals surface area (Å²) in [5.41, 5.74) is 2.30. The minimum Gasteiger partial charge on any atom is -0.367 e. The molecule has 0 unspecified atom stereocenters. The molecule has 0 radical (unpaired) electrons. The molecule has 7 nitrogen and oxygen atoms in total. The number of anilines is 1. The van der Waals surface area contributed by atoms with Crippen molar-refractivity contribution >= 4 is 33.7 Å². The number of para-hydroxylation sites is 1. The van der Waals surface area contributed by atoms with Gasteiger partial charge < -0.3 is 20.6 Å². The van der Waals surface area contributed by atoms with Crippen molar-refractivity contribution in [2.75, 3.05) is 11.9 Å². The molecule has 0 aliphatic carbocycles. The lowest BCUT2D eigenvalue weighted by Gasteiger charge is -2.15. The molecule has 0 spiro atoms. The highest BCUT2D eigenvalue weighted by Crippen LogP contribution is 2.17. The number of hydrogen-bond acceptors (Lipinski definition) is 4. The van der Waals surface area contributed by atoms with Gasteiger partial charge in [-0.05, 0) is 25.1 Å². The zero-order chi connectivity index (χ0) is 17.2. The molecule has 0 fully saturated rings. The summed E-state index contributed by atoms with van der Waals surface area (Å²) in [7, 11) is 0. The summed E-state index contributed by atoms with van der Waals surface area (Å²) in [4.78, 5) is 27.0. The fourth-order valence-electron chi connectivity index (χ4n) is 2.81. The molecule has 4 aromatic rings. The Morgan fingerprint density at radius 1 is 1.24 bits per heavy atom. The topological polar surface area (TPSA) is 98.5 Å². The number of carbonyl (C=O) groups excluding carboxylic acids is 1. The minimum atomic E-state index is -0.125. The summed E-state index contributed by atoms with van der Waals surface area (Å²) < 4.78 is 0. The molecule has 7 heteroatoms. The van der Waals surface area contributed by atoms with Gasteiger partial charge in [0.05, 0.1) is 5.39 Å². The molecular weight excluding hydrogens is 316 g/mol. The van der Waals surface area contributed by atoms with E-state index in [4.69, 9.17) is 0 Å². The van der Waals surface area contributed by atoms with Crippen molar-refractivity contribution in [1.82, 2.24) is 25.3 Å². The molecule has 0 saturated heterocycles. The van der Waals surface area contributed by atoms with Gasteiger partial charge in [0.25, 0.3) is 5.91 Å². The Morgan fingerprint density at radius 2 is 2.12 bits per heavy atom. The van der Waals surface area contributed by atoms with Crippen molar-refractivity contribution in [2.45, 2.75) is 13.0 Å². The lowest BCUT2D eigenvalue weighted by atomic mass is 10.2. The van der Waals surface area contributed by atoms with Crippen LogP contribution in [-0.4, -0.2) is 38.4 Å². The Bertz CT molecular complexity index is 1000. The number of benzene rings is 1. The van der Waals surface area contributed by atoms with Crippen molar-refractivity contribution in [3.63, 3.8) is 0 Å². The van der Waals surface area contributed by atoms with Crippen LogP contribution in [0.3, 0.4) is 0 Å². The highest BCUT2D eigenvalue weighted by atomic mass is 16.1. The Labute approximate surface area is 143 Å². The van der Waals surface area contributed by atoms with E-state index in [1.54, 1.807) is 0 Å². The maximum Gasteiger partial charge on any atom is 0.267 e. The number of hydrogen-bond donors (Lipinski definition) is 4. The van der Waals surface area contributed by atoms with Crippen molar-refractivity contribution in [3.05, 3.63) is 54.6 Å².